The third kappa shape index (κ3) is 3.06. The zero-order valence-electron chi connectivity index (χ0n) is 11.7. The number of nitrogens with one attached hydrogen (secondary N) is 1. The van der Waals surface area contributed by atoms with Gasteiger partial charge in [-0.15, -0.1) is 11.3 Å². The topological polar surface area (TPSA) is 68.3 Å². The predicted octanol–water partition coefficient (Wildman–Crippen LogP) is 3.45. The average molecular weight is 325 g/mol. The van der Waals surface area contributed by atoms with Crippen LogP contribution < -0.4 is 5.32 Å². The summed E-state index contributed by atoms with van der Waals surface area (Å²) < 4.78 is 4.76. The van der Waals surface area contributed by atoms with Crippen molar-refractivity contribution >= 4 is 39.8 Å². The van der Waals surface area contributed by atoms with Crippen LogP contribution in [0.1, 0.15) is 31.2 Å². The van der Waals surface area contributed by atoms with Gasteiger partial charge in [-0.2, -0.15) is 0 Å². The van der Waals surface area contributed by atoms with Crippen LogP contribution in [-0.4, -0.2) is 24.0 Å². The molecule has 1 amide bonds. The number of amides is 1. The van der Waals surface area contributed by atoms with Gasteiger partial charge >= 0.3 is 5.97 Å². The standard InChI is InChI=1S/C14H13ClN2O3S/c1-7-8(2)21-13(10(7)14(19)20-3)17-12(18)9-5-4-6-16-11(9)15/h4-6H,1-3H3,(H,17,18). The number of aryl methyl sites for hydroxylation is 1. The van der Waals surface area contributed by atoms with Gasteiger partial charge in [0.05, 0.1) is 18.2 Å². The third-order valence-corrected chi connectivity index (χ3v) is 4.43. The number of rotatable bonds is 3. The van der Waals surface area contributed by atoms with E-state index in [1.54, 1.807) is 12.1 Å². The normalized spacial score (nSPS) is 10.3. The van der Waals surface area contributed by atoms with E-state index in [0.29, 0.717) is 10.6 Å². The van der Waals surface area contributed by atoms with Crippen molar-refractivity contribution in [1.29, 1.82) is 0 Å². The highest BCUT2D eigenvalue weighted by molar-refractivity contribution is 7.16. The summed E-state index contributed by atoms with van der Waals surface area (Å²) in [6.45, 7) is 3.68. The Labute approximate surface area is 130 Å². The van der Waals surface area contributed by atoms with Gasteiger partial charge in [0.1, 0.15) is 10.2 Å². The molecule has 21 heavy (non-hydrogen) atoms. The summed E-state index contributed by atoms with van der Waals surface area (Å²) in [6.07, 6.45) is 1.50. The highest BCUT2D eigenvalue weighted by Gasteiger charge is 2.22. The molecule has 0 saturated heterocycles. The number of methoxy groups -OCH3 is 1. The number of thiophene rings is 1. The Morgan fingerprint density at radius 1 is 1.38 bits per heavy atom. The lowest BCUT2D eigenvalue weighted by atomic mass is 10.1. The van der Waals surface area contributed by atoms with E-state index in [4.69, 9.17) is 16.3 Å². The Kier molecular flexibility index (Phi) is 4.59. The molecule has 0 aliphatic heterocycles. The molecule has 1 N–H and O–H groups in total. The van der Waals surface area contributed by atoms with Crippen molar-refractivity contribution in [2.45, 2.75) is 13.8 Å². The fraction of sp³-hybridized carbons (Fsp3) is 0.214. The summed E-state index contributed by atoms with van der Waals surface area (Å²) in [4.78, 5) is 28.9. The minimum Gasteiger partial charge on any atom is -0.465 e. The molecule has 2 aromatic rings. The maximum absolute atomic E-state index is 12.2. The Morgan fingerprint density at radius 2 is 2.10 bits per heavy atom. The zero-order valence-corrected chi connectivity index (χ0v) is 13.3. The van der Waals surface area contributed by atoms with Crippen molar-refractivity contribution in [3.63, 3.8) is 0 Å². The summed E-state index contributed by atoms with van der Waals surface area (Å²) in [5.41, 5.74) is 1.41. The van der Waals surface area contributed by atoms with Gasteiger partial charge in [0.2, 0.25) is 0 Å². The number of hydrogen-bond donors (Lipinski definition) is 1. The Balaban J connectivity index is 2.36. The van der Waals surface area contributed by atoms with Gasteiger partial charge in [0.25, 0.3) is 5.91 Å². The van der Waals surface area contributed by atoms with Crippen LogP contribution in [0.4, 0.5) is 5.00 Å². The van der Waals surface area contributed by atoms with E-state index in [-0.39, 0.29) is 10.7 Å². The lowest BCUT2D eigenvalue weighted by Gasteiger charge is -2.06. The van der Waals surface area contributed by atoms with Crippen LogP contribution >= 0.6 is 22.9 Å². The largest absolute Gasteiger partial charge is 0.465 e. The quantitative estimate of drug-likeness (QED) is 0.693. The fourth-order valence-electron chi connectivity index (χ4n) is 1.79. The van der Waals surface area contributed by atoms with Gasteiger partial charge in [-0.05, 0) is 31.5 Å². The molecule has 0 radical (unpaired) electrons. The number of anilines is 1. The smallest absolute Gasteiger partial charge is 0.341 e. The number of hydrogen-bond acceptors (Lipinski definition) is 5. The van der Waals surface area contributed by atoms with Crippen molar-refractivity contribution in [2.75, 3.05) is 12.4 Å². The molecular formula is C14H13ClN2O3S. The first-order valence-electron chi connectivity index (χ1n) is 6.05. The van der Waals surface area contributed by atoms with Crippen molar-refractivity contribution in [2.24, 2.45) is 0 Å². The van der Waals surface area contributed by atoms with E-state index < -0.39 is 11.9 Å². The molecule has 0 spiro atoms. The van der Waals surface area contributed by atoms with Crippen molar-refractivity contribution in [3.05, 3.63) is 45.1 Å². The summed E-state index contributed by atoms with van der Waals surface area (Å²) >= 11 is 7.21. The Hall–Kier alpha value is -1.92. The lowest BCUT2D eigenvalue weighted by molar-refractivity contribution is 0.0601. The molecule has 0 saturated carbocycles. The SMILES string of the molecule is COC(=O)c1c(NC(=O)c2cccnc2Cl)sc(C)c1C. The first kappa shape index (κ1) is 15.5. The van der Waals surface area contributed by atoms with E-state index in [0.717, 1.165) is 10.4 Å². The highest BCUT2D eigenvalue weighted by atomic mass is 35.5. The second-order valence-electron chi connectivity index (χ2n) is 4.27. The van der Waals surface area contributed by atoms with E-state index >= 15 is 0 Å². The minimum absolute atomic E-state index is 0.111. The number of halogens is 1. The summed E-state index contributed by atoms with van der Waals surface area (Å²) in [5, 5.41) is 3.26. The van der Waals surface area contributed by atoms with Crippen LogP contribution in [0, 0.1) is 13.8 Å². The van der Waals surface area contributed by atoms with Gasteiger partial charge in [0.15, 0.2) is 0 Å². The third-order valence-electron chi connectivity index (χ3n) is 3.01. The monoisotopic (exact) mass is 324 g/mol. The maximum atomic E-state index is 12.2. The van der Waals surface area contributed by atoms with Crippen LogP contribution in [0.5, 0.6) is 0 Å². The predicted molar refractivity (Wildman–Crippen MR) is 82.3 cm³/mol. The van der Waals surface area contributed by atoms with Gasteiger partial charge in [-0.25, -0.2) is 9.78 Å². The van der Waals surface area contributed by atoms with E-state index in [1.165, 1.54) is 24.6 Å². The highest BCUT2D eigenvalue weighted by Crippen LogP contribution is 2.33. The lowest BCUT2D eigenvalue weighted by Crippen LogP contribution is -2.15. The van der Waals surface area contributed by atoms with Crippen LogP contribution in [-0.2, 0) is 4.74 Å². The van der Waals surface area contributed by atoms with E-state index in [9.17, 15) is 9.59 Å². The van der Waals surface area contributed by atoms with Gasteiger partial charge < -0.3 is 10.1 Å². The second-order valence-corrected chi connectivity index (χ2v) is 5.86. The molecule has 0 aliphatic rings. The van der Waals surface area contributed by atoms with Crippen LogP contribution in [0.15, 0.2) is 18.3 Å². The van der Waals surface area contributed by atoms with Crippen molar-refractivity contribution in [1.82, 2.24) is 4.98 Å². The summed E-state index contributed by atoms with van der Waals surface area (Å²) in [5.74, 6) is -0.899. The molecule has 0 atom stereocenters. The number of aromatic nitrogens is 1. The number of ether oxygens (including phenoxy) is 1. The first-order chi connectivity index (χ1) is 9.95. The van der Waals surface area contributed by atoms with Gasteiger partial charge in [-0.1, -0.05) is 11.6 Å². The molecule has 5 nitrogen and oxygen atoms in total. The Bertz CT molecular complexity index is 712. The number of esters is 1. The maximum Gasteiger partial charge on any atom is 0.341 e. The van der Waals surface area contributed by atoms with Crippen LogP contribution in [0.2, 0.25) is 5.15 Å². The zero-order chi connectivity index (χ0) is 15.6. The van der Waals surface area contributed by atoms with Crippen molar-refractivity contribution < 1.29 is 14.3 Å². The number of nitrogens with zero attached hydrogens (tertiary/aromatic N) is 1. The second kappa shape index (κ2) is 6.24. The number of carbonyl (C=O) groups excluding carboxylic acids is 2. The fourth-order valence-corrected chi connectivity index (χ4v) is 3.04. The number of pyridine rings is 1. The molecule has 2 heterocycles. The molecule has 7 heteroatoms. The molecule has 0 aromatic carbocycles. The minimum atomic E-state index is -0.482. The van der Waals surface area contributed by atoms with Gasteiger partial charge in [0, 0.05) is 11.1 Å². The van der Waals surface area contributed by atoms with E-state index in [1.807, 2.05) is 13.8 Å². The molecular weight excluding hydrogens is 312 g/mol. The molecule has 0 aliphatic carbocycles. The van der Waals surface area contributed by atoms with Crippen LogP contribution in [0.25, 0.3) is 0 Å². The molecule has 2 rings (SSSR count). The molecule has 110 valence electrons. The average Bonchev–Trinajstić information content (AvgIpc) is 2.73. The summed E-state index contributed by atoms with van der Waals surface area (Å²) in [6, 6.07) is 3.18. The first-order valence-corrected chi connectivity index (χ1v) is 7.25. The molecule has 0 bridgehead atoms. The Morgan fingerprint density at radius 3 is 2.71 bits per heavy atom. The van der Waals surface area contributed by atoms with Gasteiger partial charge in [-0.3, -0.25) is 4.79 Å². The van der Waals surface area contributed by atoms with E-state index in [2.05, 4.69) is 10.3 Å². The van der Waals surface area contributed by atoms with Crippen LogP contribution in [0.3, 0.4) is 0 Å². The summed E-state index contributed by atoms with van der Waals surface area (Å²) in [7, 11) is 1.30. The number of carbonyl (C=O) groups is 2. The molecule has 2 aromatic heterocycles. The molecule has 0 fully saturated rings. The molecule has 0 unspecified atom stereocenters. The van der Waals surface area contributed by atoms with Crippen molar-refractivity contribution in [3.8, 4) is 0 Å².